The quantitative estimate of drug-likeness (QED) is 0.0501. The van der Waals surface area contributed by atoms with Crippen molar-refractivity contribution in [1.82, 2.24) is 0 Å². The lowest BCUT2D eigenvalue weighted by atomic mass is 9.96. The van der Waals surface area contributed by atoms with Gasteiger partial charge in [0, 0.05) is 50.1 Å². The molecule has 382 valence electrons. The third-order valence-electron chi connectivity index (χ3n) is 14.4. The molecule has 0 aliphatic heterocycles. The highest BCUT2D eigenvalue weighted by atomic mass is 32.2. The number of sulfone groups is 2. The van der Waals surface area contributed by atoms with E-state index in [0.29, 0.717) is 22.6 Å². The molecule has 11 heteroatoms. The van der Waals surface area contributed by atoms with Crippen molar-refractivity contribution in [3.05, 3.63) is 158 Å². The molecule has 0 N–H and O–H groups in total. The van der Waals surface area contributed by atoms with Crippen molar-refractivity contribution in [1.29, 1.82) is 0 Å². The number of benzene rings is 6. The summed E-state index contributed by atoms with van der Waals surface area (Å²) in [6.45, 7) is 4.35. The van der Waals surface area contributed by atoms with Crippen LogP contribution in [0.5, 0.6) is 0 Å². The second kappa shape index (κ2) is 22.8. The number of hydrogen-bond donors (Lipinski definition) is 0. The Morgan fingerprint density at radius 1 is 0.307 bits per heavy atom. The van der Waals surface area contributed by atoms with E-state index in [0.717, 1.165) is 103 Å². The summed E-state index contributed by atoms with van der Waals surface area (Å²) in [4.78, 5) is 9.11. The van der Waals surface area contributed by atoms with E-state index in [1.54, 1.807) is 45.3 Å². The van der Waals surface area contributed by atoms with E-state index in [9.17, 15) is 0 Å². The van der Waals surface area contributed by atoms with Crippen molar-refractivity contribution in [3.63, 3.8) is 0 Å². The Bertz CT molecular complexity index is 3680. The van der Waals surface area contributed by atoms with Crippen molar-refractivity contribution in [3.8, 4) is 59.9 Å². The van der Waals surface area contributed by atoms with Crippen molar-refractivity contribution in [2.45, 2.75) is 101 Å². The lowest BCUT2D eigenvalue weighted by molar-refractivity contribution is 0.573. The second-order valence-electron chi connectivity index (χ2n) is 19.6. The predicted octanol–water partition coefficient (Wildman–Crippen LogP) is 20.9. The van der Waals surface area contributed by atoms with Gasteiger partial charge in [0.1, 0.15) is 9.79 Å². The molecule has 0 amide bonds. The van der Waals surface area contributed by atoms with Gasteiger partial charge in [0.15, 0.2) is 19.7 Å². The largest absolute Gasteiger partial charge is 0.224 e. The molecule has 75 heavy (non-hydrogen) atoms. The topological polar surface area (TPSA) is 68.3 Å². The first-order chi connectivity index (χ1) is 36.6. The number of fused-ring (bicyclic) bond motifs is 4. The van der Waals surface area contributed by atoms with E-state index in [-0.39, 0.29) is 21.3 Å². The Morgan fingerprint density at radius 2 is 0.587 bits per heavy atom. The summed E-state index contributed by atoms with van der Waals surface area (Å²) in [5.74, 6) is -0.187. The smallest absolute Gasteiger partial charge is 0.181 e. The maximum absolute atomic E-state index is 15.2. The van der Waals surface area contributed by atoms with Crippen LogP contribution in [0.3, 0.4) is 0 Å². The fourth-order valence-corrected chi connectivity index (χ4v) is 21.4. The highest BCUT2D eigenvalue weighted by Crippen LogP contribution is 2.54. The molecule has 0 saturated carbocycles. The maximum atomic E-state index is 15.2. The van der Waals surface area contributed by atoms with Crippen LogP contribution in [0.25, 0.3) is 103 Å². The van der Waals surface area contributed by atoms with Crippen LogP contribution in [-0.4, -0.2) is 28.3 Å². The summed E-state index contributed by atoms with van der Waals surface area (Å²) in [6, 6.07) is 55.7. The molecular weight excluding hydrogens is 1060 g/mol. The van der Waals surface area contributed by atoms with E-state index in [2.05, 4.69) is 159 Å². The molecule has 0 fully saturated rings. The zero-order chi connectivity index (χ0) is 51.5. The normalized spacial score (nSPS) is 12.3. The van der Waals surface area contributed by atoms with Crippen molar-refractivity contribution in [2.75, 3.05) is 11.5 Å². The van der Waals surface area contributed by atoms with Gasteiger partial charge in [0.05, 0.1) is 21.3 Å². The van der Waals surface area contributed by atoms with E-state index in [1.165, 1.54) is 65.6 Å². The van der Waals surface area contributed by atoms with E-state index in [1.807, 2.05) is 12.1 Å². The van der Waals surface area contributed by atoms with Crippen LogP contribution in [0.15, 0.2) is 168 Å². The maximum Gasteiger partial charge on any atom is 0.181 e. The molecule has 5 aromatic heterocycles. The van der Waals surface area contributed by atoms with Crippen molar-refractivity contribution >= 4 is 119 Å². The molecule has 0 aliphatic carbocycles. The van der Waals surface area contributed by atoms with Crippen molar-refractivity contribution in [2.24, 2.45) is 0 Å². The average molecular weight is 1120 g/mol. The minimum Gasteiger partial charge on any atom is -0.224 e. The zero-order valence-electron chi connectivity index (χ0n) is 42.4. The average Bonchev–Trinajstić information content (AvgIpc) is 4.29. The summed E-state index contributed by atoms with van der Waals surface area (Å²) in [5, 5.41) is 9.57. The molecule has 6 aromatic carbocycles. The molecular formula is C64H60O4S7. The third-order valence-corrected chi connectivity index (χ3v) is 24.8. The lowest BCUT2D eigenvalue weighted by Crippen LogP contribution is -2.15. The summed E-state index contributed by atoms with van der Waals surface area (Å²) in [6.07, 6.45) is 11.0. The van der Waals surface area contributed by atoms with Crippen LogP contribution >= 0.6 is 56.7 Å². The third kappa shape index (κ3) is 10.8. The van der Waals surface area contributed by atoms with Crippen LogP contribution in [0.2, 0.25) is 0 Å². The molecule has 0 aliphatic rings. The van der Waals surface area contributed by atoms with Gasteiger partial charge in [-0.2, -0.15) is 0 Å². The fraction of sp³-hybridized carbons (Fsp3) is 0.250. The van der Waals surface area contributed by atoms with Crippen LogP contribution in [0, 0.1) is 0 Å². The lowest BCUT2D eigenvalue weighted by Gasteiger charge is -2.11. The van der Waals surface area contributed by atoms with E-state index >= 15 is 16.8 Å². The van der Waals surface area contributed by atoms with Crippen LogP contribution in [0.4, 0.5) is 0 Å². The number of unbranched alkanes of at least 4 members (excludes halogenated alkanes) is 10. The first-order valence-corrected chi connectivity index (χ1v) is 33.9. The van der Waals surface area contributed by atoms with Crippen LogP contribution in [0.1, 0.15) is 90.9 Å². The highest BCUT2D eigenvalue weighted by Gasteiger charge is 2.37. The van der Waals surface area contributed by atoms with Gasteiger partial charge in [-0.3, -0.25) is 0 Å². The summed E-state index contributed by atoms with van der Waals surface area (Å²) >= 11 is 7.91. The zero-order valence-corrected chi connectivity index (χ0v) is 48.1. The minimum atomic E-state index is -4.07. The van der Waals surface area contributed by atoms with Gasteiger partial charge in [-0.25, -0.2) is 16.8 Å². The number of hydrogen-bond acceptors (Lipinski definition) is 9. The number of rotatable bonds is 22. The Balaban J connectivity index is 1.02. The molecule has 11 rings (SSSR count). The van der Waals surface area contributed by atoms with Gasteiger partial charge in [0.25, 0.3) is 0 Å². The molecule has 4 nitrogen and oxygen atoms in total. The Hall–Kier alpha value is -5.24. The van der Waals surface area contributed by atoms with Gasteiger partial charge in [-0.1, -0.05) is 175 Å². The first kappa shape index (κ1) is 51.8. The monoisotopic (exact) mass is 1120 g/mol. The molecule has 0 saturated heterocycles. The fourth-order valence-electron chi connectivity index (χ4n) is 10.6. The van der Waals surface area contributed by atoms with Crippen molar-refractivity contribution < 1.29 is 16.8 Å². The van der Waals surface area contributed by atoms with Crippen LogP contribution in [-0.2, 0) is 19.7 Å². The van der Waals surface area contributed by atoms with Gasteiger partial charge in [-0.05, 0) is 117 Å². The Morgan fingerprint density at radius 3 is 0.933 bits per heavy atom. The van der Waals surface area contributed by atoms with E-state index < -0.39 is 19.7 Å². The van der Waals surface area contributed by atoms with Crippen LogP contribution < -0.4 is 0 Å². The van der Waals surface area contributed by atoms with Gasteiger partial charge >= 0.3 is 0 Å². The highest BCUT2D eigenvalue weighted by molar-refractivity contribution is 7.95. The second-order valence-corrected chi connectivity index (χ2v) is 29.1. The standard InChI is InChI=1S/C64H60O4S7/c1-3-5-7-9-11-21-39-74(65,66)63-61(57-37-33-53(71-57)51-31-35-55(69-51)59-47-27-17-13-23-43(47)41-44-24-14-18-28-48(44)59)73-62(64(63)75(67,68)40-22-12-10-8-6-4-2)58-38-34-54(72-58)52-32-36-56(70-52)60-49-29-19-15-25-45(49)42-46-26-16-20-30-50(46)60/h13-20,23-38,41-42H,3-12,21-22,39-40H2,1-2H3. The Kier molecular flexibility index (Phi) is 15.7. The number of thiophene rings is 5. The molecule has 0 radical (unpaired) electrons. The minimum absolute atomic E-state index is 0.000675. The summed E-state index contributed by atoms with van der Waals surface area (Å²) < 4.78 is 60.9. The van der Waals surface area contributed by atoms with Gasteiger partial charge < -0.3 is 0 Å². The van der Waals surface area contributed by atoms with Gasteiger partial charge in [-0.15, -0.1) is 56.7 Å². The molecule has 0 spiro atoms. The Labute approximate surface area is 462 Å². The summed E-state index contributed by atoms with van der Waals surface area (Å²) in [7, 11) is -8.13. The van der Waals surface area contributed by atoms with E-state index in [4.69, 9.17) is 0 Å². The summed E-state index contributed by atoms with van der Waals surface area (Å²) in [5.41, 5.74) is 2.41. The molecule has 11 aromatic rings. The molecule has 0 bridgehead atoms. The molecule has 5 heterocycles. The predicted molar refractivity (Wildman–Crippen MR) is 329 cm³/mol. The van der Waals surface area contributed by atoms with Gasteiger partial charge in [0.2, 0.25) is 0 Å². The SMILES string of the molecule is CCCCCCCCS(=O)(=O)c1c(-c2ccc(-c3ccc(-c4c5ccccc5cc5ccccc45)s3)s2)sc(-c2ccc(-c3ccc(-c4c5ccccc5cc5ccccc45)s3)s2)c1S(=O)(=O)CCCCCCCC. The molecule has 0 atom stereocenters. The molecule has 0 unspecified atom stereocenters. The first-order valence-electron chi connectivity index (χ1n) is 26.5.